The SMILES string of the molecule is CC(=O)n1c2c(c3cc(Br)ccc31)CCCC2=O. The van der Waals surface area contributed by atoms with Gasteiger partial charge in [-0.2, -0.15) is 0 Å². The molecule has 3 nitrogen and oxygen atoms in total. The van der Waals surface area contributed by atoms with Crippen LogP contribution in [0.2, 0.25) is 0 Å². The maximum absolute atomic E-state index is 12.1. The minimum atomic E-state index is -0.0983. The summed E-state index contributed by atoms with van der Waals surface area (Å²) in [6.45, 7) is 1.50. The molecule has 0 saturated carbocycles. The fourth-order valence-corrected chi connectivity index (χ4v) is 3.11. The minimum absolute atomic E-state index is 0.0822. The number of benzene rings is 1. The van der Waals surface area contributed by atoms with Crippen molar-refractivity contribution < 1.29 is 9.59 Å². The maximum Gasteiger partial charge on any atom is 0.228 e. The highest BCUT2D eigenvalue weighted by atomic mass is 79.9. The molecule has 0 saturated heterocycles. The molecule has 0 N–H and O–H groups in total. The van der Waals surface area contributed by atoms with Crippen molar-refractivity contribution in [2.45, 2.75) is 26.2 Å². The number of nitrogens with zero attached hydrogens (tertiary/aromatic N) is 1. The van der Waals surface area contributed by atoms with Gasteiger partial charge in [-0.25, -0.2) is 0 Å². The van der Waals surface area contributed by atoms with E-state index >= 15 is 0 Å². The standard InChI is InChI=1S/C14H12BrNO2/c1-8(17)16-12-6-5-9(15)7-11(12)10-3-2-4-13(18)14(10)16/h5-7H,2-4H2,1H3. The van der Waals surface area contributed by atoms with E-state index in [2.05, 4.69) is 15.9 Å². The van der Waals surface area contributed by atoms with Crippen molar-refractivity contribution in [1.29, 1.82) is 0 Å². The highest BCUT2D eigenvalue weighted by Crippen LogP contribution is 2.33. The molecular weight excluding hydrogens is 294 g/mol. The summed E-state index contributed by atoms with van der Waals surface area (Å²) in [5.74, 6) is -0.0161. The summed E-state index contributed by atoms with van der Waals surface area (Å²) in [5, 5.41) is 1.02. The van der Waals surface area contributed by atoms with Gasteiger partial charge in [0, 0.05) is 23.2 Å². The van der Waals surface area contributed by atoms with Crippen LogP contribution < -0.4 is 0 Å². The predicted octanol–water partition coefficient (Wildman–Crippen LogP) is 3.58. The lowest BCUT2D eigenvalue weighted by atomic mass is 9.94. The Morgan fingerprint density at radius 3 is 2.83 bits per heavy atom. The number of Topliss-reactive ketones (excluding diaryl/α,β-unsaturated/α-hetero) is 1. The number of carbonyl (C=O) groups is 2. The Hall–Kier alpha value is -1.42. The molecular formula is C14H12BrNO2. The quantitative estimate of drug-likeness (QED) is 0.746. The van der Waals surface area contributed by atoms with Crippen LogP contribution >= 0.6 is 15.9 Å². The summed E-state index contributed by atoms with van der Waals surface area (Å²) >= 11 is 3.44. The van der Waals surface area contributed by atoms with Gasteiger partial charge < -0.3 is 0 Å². The zero-order valence-corrected chi connectivity index (χ0v) is 11.6. The molecule has 3 rings (SSSR count). The molecule has 1 aliphatic carbocycles. The number of carbonyl (C=O) groups excluding carboxylic acids is 2. The molecule has 1 aromatic heterocycles. The number of aryl methyl sites for hydroxylation is 1. The van der Waals surface area contributed by atoms with E-state index in [0.29, 0.717) is 12.1 Å². The number of ketones is 1. The molecule has 1 aromatic carbocycles. The van der Waals surface area contributed by atoms with Crippen LogP contribution in [-0.2, 0) is 6.42 Å². The van der Waals surface area contributed by atoms with Gasteiger partial charge in [0.2, 0.25) is 5.91 Å². The average molecular weight is 306 g/mol. The first-order valence-electron chi connectivity index (χ1n) is 5.96. The lowest BCUT2D eigenvalue weighted by Crippen LogP contribution is -2.18. The Balaban J connectivity index is 2.47. The van der Waals surface area contributed by atoms with Gasteiger partial charge >= 0.3 is 0 Å². The third-order valence-corrected chi connectivity index (χ3v) is 3.94. The van der Waals surface area contributed by atoms with Gasteiger partial charge in [-0.3, -0.25) is 14.2 Å². The largest absolute Gasteiger partial charge is 0.293 e. The van der Waals surface area contributed by atoms with Gasteiger partial charge in [-0.1, -0.05) is 15.9 Å². The van der Waals surface area contributed by atoms with Crippen LogP contribution in [0.25, 0.3) is 10.9 Å². The van der Waals surface area contributed by atoms with Gasteiger partial charge in [0.05, 0.1) is 11.2 Å². The van der Waals surface area contributed by atoms with Crippen molar-refractivity contribution in [2.75, 3.05) is 0 Å². The third-order valence-electron chi connectivity index (χ3n) is 3.44. The maximum atomic E-state index is 12.1. The van der Waals surface area contributed by atoms with E-state index in [1.165, 1.54) is 6.92 Å². The first-order valence-corrected chi connectivity index (χ1v) is 6.76. The van der Waals surface area contributed by atoms with Gasteiger partial charge in [-0.15, -0.1) is 0 Å². The molecule has 0 unspecified atom stereocenters. The van der Waals surface area contributed by atoms with Crippen molar-refractivity contribution in [3.8, 4) is 0 Å². The first kappa shape index (κ1) is 11.7. The monoisotopic (exact) mass is 305 g/mol. The Morgan fingerprint density at radius 1 is 1.33 bits per heavy atom. The summed E-state index contributed by atoms with van der Waals surface area (Å²) in [6.07, 6.45) is 2.28. The molecule has 0 bridgehead atoms. The molecule has 0 atom stereocenters. The highest BCUT2D eigenvalue weighted by Gasteiger charge is 2.27. The molecule has 0 radical (unpaired) electrons. The Kier molecular flexibility index (Phi) is 2.63. The molecule has 1 heterocycles. The van der Waals surface area contributed by atoms with Gasteiger partial charge in [0.25, 0.3) is 0 Å². The smallest absolute Gasteiger partial charge is 0.228 e. The Morgan fingerprint density at radius 2 is 2.11 bits per heavy atom. The summed E-state index contributed by atoms with van der Waals surface area (Å²) in [4.78, 5) is 23.9. The van der Waals surface area contributed by atoms with Crippen molar-refractivity contribution in [3.05, 3.63) is 33.9 Å². The summed E-state index contributed by atoms with van der Waals surface area (Å²) in [5.41, 5.74) is 2.46. The summed E-state index contributed by atoms with van der Waals surface area (Å²) in [6, 6.07) is 5.79. The Bertz CT molecular complexity index is 685. The molecule has 0 aliphatic heterocycles. The van der Waals surface area contributed by atoms with E-state index in [1.807, 2.05) is 18.2 Å². The van der Waals surface area contributed by atoms with Gasteiger partial charge in [0.15, 0.2) is 5.78 Å². The van der Waals surface area contributed by atoms with E-state index in [1.54, 1.807) is 4.57 Å². The van der Waals surface area contributed by atoms with E-state index in [4.69, 9.17) is 0 Å². The number of hydrogen-bond acceptors (Lipinski definition) is 2. The van der Waals surface area contributed by atoms with E-state index in [9.17, 15) is 9.59 Å². The zero-order chi connectivity index (χ0) is 12.9. The van der Waals surface area contributed by atoms with E-state index < -0.39 is 0 Å². The van der Waals surface area contributed by atoms with Crippen LogP contribution in [-0.4, -0.2) is 16.3 Å². The summed E-state index contributed by atoms with van der Waals surface area (Å²) in [7, 11) is 0. The number of hydrogen-bond donors (Lipinski definition) is 0. The molecule has 1 aliphatic rings. The first-order chi connectivity index (χ1) is 8.59. The summed E-state index contributed by atoms with van der Waals surface area (Å²) < 4.78 is 2.54. The minimum Gasteiger partial charge on any atom is -0.293 e. The molecule has 92 valence electrons. The van der Waals surface area contributed by atoms with E-state index in [0.717, 1.165) is 33.8 Å². The predicted molar refractivity (Wildman–Crippen MR) is 73.2 cm³/mol. The number of aromatic nitrogens is 1. The van der Waals surface area contributed by atoms with Crippen LogP contribution in [0.4, 0.5) is 0 Å². The lowest BCUT2D eigenvalue weighted by Gasteiger charge is -2.12. The number of rotatable bonds is 0. The second-order valence-corrected chi connectivity index (χ2v) is 5.54. The van der Waals surface area contributed by atoms with Crippen molar-refractivity contribution in [3.63, 3.8) is 0 Å². The van der Waals surface area contributed by atoms with E-state index in [-0.39, 0.29) is 11.7 Å². The average Bonchev–Trinajstić information content (AvgIpc) is 2.65. The molecule has 0 amide bonds. The fourth-order valence-electron chi connectivity index (χ4n) is 2.75. The normalized spacial score (nSPS) is 14.9. The number of fused-ring (bicyclic) bond motifs is 3. The van der Waals surface area contributed by atoms with Crippen molar-refractivity contribution in [1.82, 2.24) is 4.57 Å². The van der Waals surface area contributed by atoms with Crippen LogP contribution in [0.15, 0.2) is 22.7 Å². The van der Waals surface area contributed by atoms with Crippen molar-refractivity contribution in [2.24, 2.45) is 0 Å². The molecule has 0 spiro atoms. The van der Waals surface area contributed by atoms with Crippen LogP contribution in [0.5, 0.6) is 0 Å². The Labute approximate surface area is 113 Å². The fraction of sp³-hybridized carbons (Fsp3) is 0.286. The van der Waals surface area contributed by atoms with Gasteiger partial charge in [0.1, 0.15) is 0 Å². The van der Waals surface area contributed by atoms with Crippen LogP contribution in [0.1, 0.15) is 40.6 Å². The van der Waals surface area contributed by atoms with Crippen LogP contribution in [0.3, 0.4) is 0 Å². The second-order valence-electron chi connectivity index (χ2n) is 4.62. The number of halogens is 1. The molecule has 18 heavy (non-hydrogen) atoms. The van der Waals surface area contributed by atoms with Crippen LogP contribution in [0, 0.1) is 0 Å². The zero-order valence-electron chi connectivity index (χ0n) is 10.00. The van der Waals surface area contributed by atoms with Gasteiger partial charge in [-0.05, 0) is 36.6 Å². The lowest BCUT2D eigenvalue weighted by molar-refractivity contribution is 0.0899. The molecule has 2 aromatic rings. The topological polar surface area (TPSA) is 39.1 Å². The molecule has 0 fully saturated rings. The molecule has 4 heteroatoms. The second kappa shape index (κ2) is 4.05. The highest BCUT2D eigenvalue weighted by molar-refractivity contribution is 9.10. The third kappa shape index (κ3) is 1.56. The van der Waals surface area contributed by atoms with Crippen molar-refractivity contribution >= 4 is 38.5 Å².